The maximum absolute atomic E-state index is 12.6. The molecule has 0 radical (unpaired) electrons. The fraction of sp³-hybridized carbons (Fsp3) is 0.167. The number of nitrogens with zero attached hydrogens (tertiary/aromatic N) is 1. The predicted molar refractivity (Wildman–Crippen MR) is 103 cm³/mol. The van der Waals surface area contributed by atoms with Crippen LogP contribution in [-0.2, 0) is 21.0 Å². The van der Waals surface area contributed by atoms with Gasteiger partial charge >= 0.3 is 14.4 Å². The minimum atomic E-state index is -4.36. The molecule has 0 saturated carbocycles. The molecule has 0 amide bonds. The van der Waals surface area contributed by atoms with E-state index in [0.717, 1.165) is 12.1 Å². The average molecular weight is 468 g/mol. The third-order valence-corrected chi connectivity index (χ3v) is 3.47. The van der Waals surface area contributed by atoms with Crippen molar-refractivity contribution in [3.63, 3.8) is 0 Å². The molecule has 0 aliphatic rings. The lowest BCUT2D eigenvalue weighted by Gasteiger charge is -2.06. The fourth-order valence-corrected chi connectivity index (χ4v) is 2.16. The first-order chi connectivity index (χ1) is 13.4. The van der Waals surface area contributed by atoms with Gasteiger partial charge < -0.3 is 9.15 Å². The second kappa shape index (κ2) is 9.51. The van der Waals surface area contributed by atoms with Crippen LogP contribution in [0.2, 0.25) is 0 Å². The Morgan fingerprint density at radius 3 is 2.10 bits per heavy atom. The van der Waals surface area contributed by atoms with Crippen LogP contribution in [0.4, 0.5) is 13.2 Å². The van der Waals surface area contributed by atoms with Gasteiger partial charge in [0.15, 0.2) is 0 Å². The number of rotatable bonds is 4. The van der Waals surface area contributed by atoms with Crippen LogP contribution in [0, 0.1) is 6.92 Å². The van der Waals surface area contributed by atoms with Crippen molar-refractivity contribution in [1.82, 2.24) is 4.98 Å². The van der Waals surface area contributed by atoms with Crippen LogP contribution in [-0.4, -0.2) is 13.4 Å². The number of oxazole rings is 1. The number of hydrogen-bond donors (Lipinski definition) is 0. The van der Waals surface area contributed by atoms with Crippen molar-refractivity contribution in [2.45, 2.75) is 19.7 Å². The van der Waals surface area contributed by atoms with Crippen LogP contribution in [0.3, 0.4) is 0 Å². The zero-order valence-corrected chi connectivity index (χ0v) is 17.1. The Balaban J connectivity index is 0.000000537. The van der Waals surface area contributed by atoms with Gasteiger partial charge in [-0.25, -0.2) is 4.98 Å². The van der Waals surface area contributed by atoms with Crippen LogP contribution in [0.5, 0.6) is 5.75 Å². The van der Waals surface area contributed by atoms with Gasteiger partial charge in [-0.05, 0) is 43.3 Å². The molecule has 3 rings (SSSR count). The summed E-state index contributed by atoms with van der Waals surface area (Å²) in [6, 6.07) is 14.0. The Kier molecular flexibility index (Phi) is 7.56. The molecule has 0 atom stereocenters. The summed E-state index contributed by atoms with van der Waals surface area (Å²) >= 11 is 0. The third-order valence-electron chi connectivity index (χ3n) is 3.47. The molecular weight excluding hydrogens is 454 g/mol. The fourth-order valence-electron chi connectivity index (χ4n) is 2.16. The first-order valence-electron chi connectivity index (χ1n) is 7.89. The van der Waals surface area contributed by atoms with Crippen molar-refractivity contribution in [3.8, 4) is 17.2 Å². The summed E-state index contributed by atoms with van der Waals surface area (Å²) < 4.78 is 67.3. The maximum atomic E-state index is 12.6. The molecule has 156 valence electrons. The molecule has 0 N–H and O–H groups in total. The molecule has 0 saturated heterocycles. The molecule has 0 aliphatic heterocycles. The summed E-state index contributed by atoms with van der Waals surface area (Å²) in [6.07, 6.45) is -4.36. The number of halogens is 5. The summed E-state index contributed by atoms with van der Waals surface area (Å²) in [5, 5.41) is 0. The van der Waals surface area contributed by atoms with Gasteiger partial charge in [0.1, 0.15) is 23.8 Å². The van der Waals surface area contributed by atoms with Crippen LogP contribution in [0.25, 0.3) is 11.5 Å². The lowest BCUT2D eigenvalue weighted by atomic mass is 10.1. The van der Waals surface area contributed by atoms with Gasteiger partial charge in [0.2, 0.25) is 5.89 Å². The number of alkyl halides is 3. The molecule has 0 unspecified atom stereocenters. The molecule has 1 heterocycles. The first-order valence-corrected chi connectivity index (χ1v) is 11.0. The molecule has 1 aromatic heterocycles. The largest absolute Gasteiger partial charge is 0.487 e. The van der Waals surface area contributed by atoms with E-state index in [1.807, 2.05) is 30.3 Å². The van der Waals surface area contributed by atoms with E-state index >= 15 is 0 Å². The van der Waals surface area contributed by atoms with Crippen molar-refractivity contribution in [3.05, 3.63) is 71.6 Å². The summed E-state index contributed by atoms with van der Waals surface area (Å²) in [7, 11) is 4.81. The summed E-state index contributed by atoms with van der Waals surface area (Å²) in [5.41, 5.74) is 0.382. The molecule has 0 aliphatic carbocycles. The Bertz CT molecular complexity index is 1030. The SMILES string of the molecule is Cc1oc(-c2ccc(C(F)(F)F)cc2)nc1COc1ccccc1.O=S(=O)(Cl)Cl. The maximum Gasteiger partial charge on any atom is 0.416 e. The zero-order valence-electron chi connectivity index (χ0n) is 14.8. The summed E-state index contributed by atoms with van der Waals surface area (Å²) in [6.45, 7) is 1.96. The van der Waals surface area contributed by atoms with E-state index in [1.54, 1.807) is 6.92 Å². The molecule has 3 aromatic rings. The minimum Gasteiger partial charge on any atom is -0.487 e. The number of para-hydroxylation sites is 1. The smallest absolute Gasteiger partial charge is 0.416 e. The number of aromatic nitrogens is 1. The summed E-state index contributed by atoms with van der Waals surface area (Å²) in [5.74, 6) is 1.55. The van der Waals surface area contributed by atoms with E-state index in [4.69, 9.17) is 17.6 Å². The molecular formula is C18H14Cl2F3NO4S. The Hall–Kier alpha value is -2.23. The van der Waals surface area contributed by atoms with Crippen LogP contribution < -0.4 is 4.74 Å². The van der Waals surface area contributed by atoms with Crippen molar-refractivity contribution < 1.29 is 30.7 Å². The van der Waals surface area contributed by atoms with Crippen molar-refractivity contribution >= 4 is 29.6 Å². The molecule has 29 heavy (non-hydrogen) atoms. The van der Waals surface area contributed by atoms with E-state index in [2.05, 4.69) is 26.3 Å². The van der Waals surface area contributed by atoms with E-state index in [9.17, 15) is 13.2 Å². The Labute approximate surface area is 174 Å². The number of ether oxygens (including phenoxy) is 1. The van der Waals surface area contributed by atoms with Gasteiger partial charge in [-0.1, -0.05) is 18.2 Å². The highest BCUT2D eigenvalue weighted by molar-refractivity contribution is 8.31. The predicted octanol–water partition coefficient (Wildman–Crippen LogP) is 5.96. The molecule has 5 nitrogen and oxygen atoms in total. The van der Waals surface area contributed by atoms with Gasteiger partial charge in [-0.15, -0.1) is 0 Å². The van der Waals surface area contributed by atoms with Gasteiger partial charge in [0, 0.05) is 26.9 Å². The van der Waals surface area contributed by atoms with E-state index in [1.165, 1.54) is 12.1 Å². The lowest BCUT2D eigenvalue weighted by Crippen LogP contribution is -2.04. The second-order valence-electron chi connectivity index (χ2n) is 5.58. The highest BCUT2D eigenvalue weighted by Gasteiger charge is 2.30. The standard InChI is InChI=1S/C18H14F3NO2.Cl2O2S/c1-12-16(11-23-15-5-3-2-4-6-15)22-17(24-12)13-7-9-14(10-8-13)18(19,20)21;1-5(2,3)4/h2-10H,11H2,1H3;. The van der Waals surface area contributed by atoms with Crippen LogP contribution >= 0.6 is 21.4 Å². The highest BCUT2D eigenvalue weighted by atomic mass is 36.0. The Morgan fingerprint density at radius 1 is 1.03 bits per heavy atom. The quantitative estimate of drug-likeness (QED) is 0.443. The minimum absolute atomic E-state index is 0.222. The van der Waals surface area contributed by atoms with Gasteiger partial charge in [-0.2, -0.15) is 21.6 Å². The third kappa shape index (κ3) is 7.96. The van der Waals surface area contributed by atoms with E-state index in [0.29, 0.717) is 22.8 Å². The van der Waals surface area contributed by atoms with E-state index < -0.39 is 20.0 Å². The molecule has 0 spiro atoms. The molecule has 11 heteroatoms. The number of benzene rings is 2. The van der Waals surface area contributed by atoms with Gasteiger partial charge in [0.05, 0.1) is 5.56 Å². The van der Waals surface area contributed by atoms with Crippen LogP contribution in [0.15, 0.2) is 59.0 Å². The molecule has 0 bridgehead atoms. The second-order valence-corrected chi connectivity index (χ2v) is 9.25. The lowest BCUT2D eigenvalue weighted by molar-refractivity contribution is -0.137. The number of hydrogen-bond acceptors (Lipinski definition) is 5. The Morgan fingerprint density at radius 2 is 1.59 bits per heavy atom. The molecule has 0 fully saturated rings. The van der Waals surface area contributed by atoms with E-state index in [-0.39, 0.29) is 12.5 Å². The van der Waals surface area contributed by atoms with Crippen LogP contribution in [0.1, 0.15) is 17.0 Å². The monoisotopic (exact) mass is 467 g/mol. The highest BCUT2D eigenvalue weighted by Crippen LogP contribution is 2.31. The zero-order chi connectivity index (χ0) is 21.7. The van der Waals surface area contributed by atoms with Crippen molar-refractivity contribution in [2.75, 3.05) is 0 Å². The number of aryl methyl sites for hydroxylation is 1. The normalized spacial score (nSPS) is 11.5. The summed E-state index contributed by atoms with van der Waals surface area (Å²) in [4.78, 5) is 4.31. The average Bonchev–Trinajstić information content (AvgIpc) is 3.00. The first kappa shape index (κ1) is 23.1. The van der Waals surface area contributed by atoms with Gasteiger partial charge in [-0.3, -0.25) is 0 Å². The topological polar surface area (TPSA) is 69.4 Å². The van der Waals surface area contributed by atoms with Crippen molar-refractivity contribution in [2.24, 2.45) is 0 Å². The van der Waals surface area contributed by atoms with Gasteiger partial charge in [0.25, 0.3) is 0 Å². The van der Waals surface area contributed by atoms with Crippen molar-refractivity contribution in [1.29, 1.82) is 0 Å². The molecule has 2 aromatic carbocycles.